The Morgan fingerprint density at radius 2 is 1.88 bits per heavy atom. The van der Waals surface area contributed by atoms with Crippen molar-refractivity contribution in [3.05, 3.63) is 23.3 Å². The molecule has 1 aromatic carbocycles. The Morgan fingerprint density at radius 3 is 2.53 bits per heavy atom. The molecule has 0 aromatic heterocycles. The van der Waals surface area contributed by atoms with Crippen LogP contribution in [0.3, 0.4) is 0 Å². The molecule has 17 heavy (non-hydrogen) atoms. The fraction of sp³-hybridized carbons (Fsp3) is 0.455. The van der Waals surface area contributed by atoms with E-state index in [-0.39, 0.29) is 27.6 Å². The van der Waals surface area contributed by atoms with E-state index in [0.717, 1.165) is 36.9 Å². The van der Waals surface area contributed by atoms with E-state index in [1.807, 2.05) is 6.07 Å². The van der Waals surface area contributed by atoms with Gasteiger partial charge in [0.25, 0.3) is 0 Å². The third kappa shape index (κ3) is 3.00. The number of halogens is 1. The lowest BCUT2D eigenvalue weighted by Gasteiger charge is -2.12. The smallest absolute Gasteiger partial charge is 0.179 e. The quantitative estimate of drug-likeness (QED) is 0.811. The van der Waals surface area contributed by atoms with Crippen LogP contribution in [-0.4, -0.2) is 32.9 Å². The summed E-state index contributed by atoms with van der Waals surface area (Å²) in [5.41, 5.74) is 1.79. The highest BCUT2D eigenvalue weighted by Gasteiger charge is 2.21. The van der Waals surface area contributed by atoms with Crippen LogP contribution in [0.1, 0.15) is 11.1 Å². The van der Waals surface area contributed by atoms with Gasteiger partial charge in [-0.3, -0.25) is 0 Å². The number of phenols is 1. The Balaban J connectivity index is 0.00000144. The van der Waals surface area contributed by atoms with Crippen LogP contribution in [0.5, 0.6) is 5.75 Å². The Bertz CT molecular complexity index is 514. The molecule has 0 aliphatic carbocycles. The molecule has 96 valence electrons. The number of hydrogen-bond acceptors (Lipinski definition) is 4. The monoisotopic (exact) mass is 321 g/mol. The van der Waals surface area contributed by atoms with Crippen molar-refractivity contribution in [1.82, 2.24) is 5.32 Å². The van der Waals surface area contributed by atoms with Gasteiger partial charge in [0.2, 0.25) is 0 Å². The number of sulfone groups is 1. The molecule has 1 heterocycles. The lowest BCUT2D eigenvalue weighted by Crippen LogP contribution is -2.16. The summed E-state index contributed by atoms with van der Waals surface area (Å²) in [5.74, 6) is -0.136. The largest absolute Gasteiger partial charge is 0.507 e. The molecular formula is C11H16BrNO3S. The number of aromatic hydroxyl groups is 1. The minimum Gasteiger partial charge on any atom is -0.507 e. The van der Waals surface area contributed by atoms with Crippen molar-refractivity contribution in [3.63, 3.8) is 0 Å². The van der Waals surface area contributed by atoms with E-state index in [0.29, 0.717) is 6.42 Å². The first-order chi connectivity index (χ1) is 7.50. The summed E-state index contributed by atoms with van der Waals surface area (Å²) in [7, 11) is -3.37. The predicted octanol–water partition coefficient (Wildman–Crippen LogP) is 1.06. The summed E-state index contributed by atoms with van der Waals surface area (Å²) >= 11 is 0. The van der Waals surface area contributed by atoms with Crippen molar-refractivity contribution in [1.29, 1.82) is 0 Å². The second-order valence-corrected chi connectivity index (χ2v) is 6.03. The molecule has 2 rings (SSSR count). The molecule has 1 aliphatic rings. The van der Waals surface area contributed by atoms with Crippen molar-refractivity contribution in [3.8, 4) is 5.75 Å². The minimum atomic E-state index is -3.37. The highest BCUT2D eigenvalue weighted by Crippen LogP contribution is 2.30. The van der Waals surface area contributed by atoms with Gasteiger partial charge in [-0.05, 0) is 43.1 Å². The van der Waals surface area contributed by atoms with Crippen LogP contribution in [0.4, 0.5) is 0 Å². The number of fused-ring (bicyclic) bond motifs is 1. The molecule has 1 aliphatic heterocycles. The van der Waals surface area contributed by atoms with Gasteiger partial charge in [-0.25, -0.2) is 8.42 Å². The standard InChI is InChI=1S/C11H15NO3S.BrH/c1-16(14,15)11-9-5-7-12-6-4-8(9)2-3-10(11)13;/h2-3,12-13H,4-7H2,1H3;1H. The third-order valence-electron chi connectivity index (χ3n) is 2.83. The van der Waals surface area contributed by atoms with Gasteiger partial charge < -0.3 is 10.4 Å². The molecule has 0 unspecified atom stereocenters. The van der Waals surface area contributed by atoms with E-state index >= 15 is 0 Å². The number of phenolic OH excluding ortho intramolecular Hbond substituents is 1. The maximum absolute atomic E-state index is 11.7. The molecule has 0 fully saturated rings. The first kappa shape index (κ1) is 14.5. The van der Waals surface area contributed by atoms with Gasteiger partial charge in [-0.15, -0.1) is 17.0 Å². The second-order valence-electron chi connectivity index (χ2n) is 4.07. The summed E-state index contributed by atoms with van der Waals surface area (Å²) in [4.78, 5) is 0.105. The molecule has 0 saturated carbocycles. The molecule has 0 spiro atoms. The lowest BCUT2D eigenvalue weighted by atomic mass is 10.0. The van der Waals surface area contributed by atoms with Crippen molar-refractivity contribution in [2.75, 3.05) is 19.3 Å². The van der Waals surface area contributed by atoms with Crippen LogP contribution in [0, 0.1) is 0 Å². The molecular weight excluding hydrogens is 306 g/mol. The zero-order valence-corrected chi connectivity index (χ0v) is 12.1. The van der Waals surface area contributed by atoms with Crippen LogP contribution in [0.2, 0.25) is 0 Å². The van der Waals surface area contributed by atoms with E-state index in [9.17, 15) is 13.5 Å². The fourth-order valence-electron chi connectivity index (χ4n) is 2.14. The molecule has 0 amide bonds. The van der Waals surface area contributed by atoms with E-state index in [2.05, 4.69) is 5.32 Å². The average Bonchev–Trinajstić information content (AvgIpc) is 2.40. The Hall–Kier alpha value is -0.590. The number of hydrogen-bond donors (Lipinski definition) is 2. The molecule has 0 radical (unpaired) electrons. The molecule has 1 aromatic rings. The Kier molecular flexibility index (Phi) is 4.57. The third-order valence-corrected chi connectivity index (χ3v) is 4.03. The van der Waals surface area contributed by atoms with E-state index < -0.39 is 9.84 Å². The first-order valence-corrected chi connectivity index (χ1v) is 7.14. The molecule has 2 N–H and O–H groups in total. The van der Waals surface area contributed by atoms with Gasteiger partial charge in [0.1, 0.15) is 10.6 Å². The Morgan fingerprint density at radius 1 is 1.24 bits per heavy atom. The highest BCUT2D eigenvalue weighted by atomic mass is 79.9. The zero-order valence-electron chi connectivity index (χ0n) is 9.56. The molecule has 6 heteroatoms. The molecule has 4 nitrogen and oxygen atoms in total. The van der Waals surface area contributed by atoms with E-state index in [1.165, 1.54) is 6.07 Å². The zero-order chi connectivity index (χ0) is 11.8. The number of nitrogens with one attached hydrogen (secondary N) is 1. The second kappa shape index (κ2) is 5.37. The van der Waals surface area contributed by atoms with Crippen molar-refractivity contribution >= 4 is 26.8 Å². The average molecular weight is 322 g/mol. The van der Waals surface area contributed by atoms with Crippen LogP contribution in [0.25, 0.3) is 0 Å². The van der Waals surface area contributed by atoms with E-state index in [1.54, 1.807) is 0 Å². The summed E-state index contributed by atoms with van der Waals surface area (Å²) in [6.07, 6.45) is 2.59. The summed E-state index contributed by atoms with van der Waals surface area (Å²) in [6, 6.07) is 3.28. The Labute approximate surface area is 112 Å². The number of benzene rings is 1. The topological polar surface area (TPSA) is 66.4 Å². The maximum Gasteiger partial charge on any atom is 0.179 e. The molecule has 0 saturated heterocycles. The lowest BCUT2D eigenvalue weighted by molar-refractivity contribution is 0.457. The summed E-state index contributed by atoms with van der Waals surface area (Å²) < 4.78 is 23.3. The van der Waals surface area contributed by atoms with Crippen LogP contribution in [0.15, 0.2) is 17.0 Å². The normalized spacial score (nSPS) is 15.6. The van der Waals surface area contributed by atoms with E-state index in [4.69, 9.17) is 0 Å². The fourth-order valence-corrected chi connectivity index (χ4v) is 3.27. The maximum atomic E-state index is 11.7. The predicted molar refractivity (Wildman–Crippen MR) is 71.8 cm³/mol. The molecule has 0 atom stereocenters. The van der Waals surface area contributed by atoms with Gasteiger partial charge in [-0.1, -0.05) is 6.07 Å². The van der Waals surface area contributed by atoms with Gasteiger partial charge in [0.15, 0.2) is 9.84 Å². The van der Waals surface area contributed by atoms with Crippen LogP contribution in [-0.2, 0) is 22.7 Å². The minimum absolute atomic E-state index is 0. The van der Waals surface area contributed by atoms with Crippen molar-refractivity contribution < 1.29 is 13.5 Å². The summed E-state index contributed by atoms with van der Waals surface area (Å²) in [5, 5.41) is 12.9. The van der Waals surface area contributed by atoms with Gasteiger partial charge in [0.05, 0.1) is 0 Å². The SMILES string of the molecule is Br.CS(=O)(=O)c1c(O)ccc2c1CCNCC2. The van der Waals surface area contributed by atoms with Gasteiger partial charge in [-0.2, -0.15) is 0 Å². The number of rotatable bonds is 1. The first-order valence-electron chi connectivity index (χ1n) is 5.24. The summed E-state index contributed by atoms with van der Waals surface area (Å²) in [6.45, 7) is 1.60. The van der Waals surface area contributed by atoms with Crippen LogP contribution < -0.4 is 5.32 Å². The van der Waals surface area contributed by atoms with Crippen molar-refractivity contribution in [2.24, 2.45) is 0 Å². The van der Waals surface area contributed by atoms with Gasteiger partial charge >= 0.3 is 0 Å². The molecule has 0 bridgehead atoms. The van der Waals surface area contributed by atoms with Gasteiger partial charge in [0, 0.05) is 6.26 Å². The van der Waals surface area contributed by atoms with Crippen molar-refractivity contribution in [2.45, 2.75) is 17.7 Å². The van der Waals surface area contributed by atoms with Crippen LogP contribution >= 0.6 is 17.0 Å². The highest BCUT2D eigenvalue weighted by molar-refractivity contribution is 8.93.